The quantitative estimate of drug-likeness (QED) is 0.0301. The molecule has 0 heterocycles. The van der Waals surface area contributed by atoms with Crippen molar-refractivity contribution in [2.75, 3.05) is 13.2 Å². The molecule has 0 saturated carbocycles. The number of ether oxygens (including phenoxy) is 2. The van der Waals surface area contributed by atoms with Crippen molar-refractivity contribution in [2.45, 2.75) is 161 Å². The van der Waals surface area contributed by atoms with Crippen molar-refractivity contribution in [2.24, 2.45) is 0 Å². The van der Waals surface area contributed by atoms with Crippen LogP contribution in [0.1, 0.15) is 155 Å². The van der Waals surface area contributed by atoms with Gasteiger partial charge in [0.15, 0.2) is 6.10 Å². The molecule has 0 fully saturated rings. The van der Waals surface area contributed by atoms with E-state index in [1.807, 2.05) is 0 Å². The molecule has 0 spiro atoms. The summed E-state index contributed by atoms with van der Waals surface area (Å²) in [5.74, 6) is -0.927. The Labute approximate surface area is 292 Å². The molecular formula is C39H67O8P. The molecule has 2 N–H and O–H groups in total. The number of hydrogen-bond acceptors (Lipinski definition) is 6. The van der Waals surface area contributed by atoms with Crippen molar-refractivity contribution in [3.05, 3.63) is 60.8 Å². The maximum absolute atomic E-state index is 12.3. The molecule has 0 aromatic heterocycles. The lowest BCUT2D eigenvalue weighted by atomic mass is 10.1. The summed E-state index contributed by atoms with van der Waals surface area (Å²) in [4.78, 5) is 42.7. The molecule has 0 bridgehead atoms. The molecule has 8 nitrogen and oxygen atoms in total. The molecule has 0 radical (unpaired) electrons. The van der Waals surface area contributed by atoms with E-state index >= 15 is 0 Å². The fraction of sp³-hybridized carbons (Fsp3) is 0.692. The van der Waals surface area contributed by atoms with Gasteiger partial charge in [-0.15, -0.1) is 0 Å². The highest BCUT2D eigenvalue weighted by atomic mass is 31.2. The summed E-state index contributed by atoms with van der Waals surface area (Å²) < 4.78 is 26.3. The number of phosphoric acid groups is 1. The van der Waals surface area contributed by atoms with Crippen LogP contribution in [0.4, 0.5) is 0 Å². The number of allylic oxidation sites excluding steroid dienone is 10. The first-order valence-corrected chi connectivity index (χ1v) is 20.1. The Morgan fingerprint density at radius 2 is 1.00 bits per heavy atom. The Kier molecular flexibility index (Phi) is 33.0. The van der Waals surface area contributed by atoms with Crippen LogP contribution in [0.3, 0.4) is 0 Å². The zero-order chi connectivity index (χ0) is 35.4. The maximum Gasteiger partial charge on any atom is 0.469 e. The summed E-state index contributed by atoms with van der Waals surface area (Å²) >= 11 is 0. The van der Waals surface area contributed by atoms with Crippen LogP contribution in [-0.4, -0.2) is 41.0 Å². The Morgan fingerprint density at radius 1 is 0.562 bits per heavy atom. The van der Waals surface area contributed by atoms with Crippen LogP contribution in [0.25, 0.3) is 0 Å². The van der Waals surface area contributed by atoms with Gasteiger partial charge in [0.2, 0.25) is 0 Å². The van der Waals surface area contributed by atoms with E-state index in [2.05, 4.69) is 79.1 Å². The van der Waals surface area contributed by atoms with E-state index in [9.17, 15) is 14.2 Å². The van der Waals surface area contributed by atoms with Gasteiger partial charge in [-0.05, 0) is 77.0 Å². The van der Waals surface area contributed by atoms with Crippen LogP contribution in [0, 0.1) is 0 Å². The molecular weight excluding hydrogens is 627 g/mol. The Bertz CT molecular complexity index is 963. The fourth-order valence-corrected chi connectivity index (χ4v) is 5.13. The SMILES string of the molecule is CC/C=C/C/C=C/C/C=C/CCCCCCCC(=O)O[C@H](COC(=O)CCCCCCC/C=C/C/C=C/CCCCC)COP(=O)(O)O. The molecule has 1 atom stereocenters. The predicted molar refractivity (Wildman–Crippen MR) is 197 cm³/mol. The Morgan fingerprint density at radius 3 is 1.50 bits per heavy atom. The molecule has 0 aromatic rings. The highest BCUT2D eigenvalue weighted by Crippen LogP contribution is 2.36. The smallest absolute Gasteiger partial charge is 0.462 e. The summed E-state index contributed by atoms with van der Waals surface area (Å²) in [5.41, 5.74) is 0. The van der Waals surface area contributed by atoms with E-state index in [4.69, 9.17) is 19.3 Å². The topological polar surface area (TPSA) is 119 Å². The van der Waals surface area contributed by atoms with E-state index in [1.54, 1.807) is 0 Å². The van der Waals surface area contributed by atoms with Crippen LogP contribution in [0.15, 0.2) is 60.8 Å². The molecule has 0 rings (SSSR count). The summed E-state index contributed by atoms with van der Waals surface area (Å²) in [6, 6.07) is 0. The largest absolute Gasteiger partial charge is 0.469 e. The van der Waals surface area contributed by atoms with Crippen LogP contribution < -0.4 is 0 Å². The van der Waals surface area contributed by atoms with Gasteiger partial charge in [0.1, 0.15) is 6.61 Å². The Balaban J connectivity index is 4.04. The second-order valence-electron chi connectivity index (χ2n) is 12.2. The summed E-state index contributed by atoms with van der Waals surface area (Å²) in [6.45, 7) is 3.50. The predicted octanol–water partition coefficient (Wildman–Crippen LogP) is 11.0. The van der Waals surface area contributed by atoms with Crippen LogP contribution in [0.2, 0.25) is 0 Å². The highest BCUT2D eigenvalue weighted by Gasteiger charge is 2.22. The molecule has 9 heteroatoms. The van der Waals surface area contributed by atoms with E-state index < -0.39 is 32.5 Å². The zero-order valence-corrected chi connectivity index (χ0v) is 31.0. The molecule has 0 aliphatic heterocycles. The van der Waals surface area contributed by atoms with Gasteiger partial charge >= 0.3 is 19.8 Å². The molecule has 48 heavy (non-hydrogen) atoms. The van der Waals surface area contributed by atoms with Gasteiger partial charge in [-0.2, -0.15) is 0 Å². The first kappa shape index (κ1) is 45.8. The average molecular weight is 695 g/mol. The molecule has 0 saturated heterocycles. The van der Waals surface area contributed by atoms with Crippen molar-refractivity contribution in [1.29, 1.82) is 0 Å². The first-order chi connectivity index (χ1) is 23.3. The normalized spacial score (nSPS) is 13.2. The van der Waals surface area contributed by atoms with E-state index in [0.717, 1.165) is 89.9 Å². The van der Waals surface area contributed by atoms with E-state index in [-0.39, 0.29) is 19.4 Å². The maximum atomic E-state index is 12.3. The zero-order valence-electron chi connectivity index (χ0n) is 30.1. The van der Waals surface area contributed by atoms with Crippen LogP contribution in [-0.2, 0) is 28.2 Å². The molecule has 0 aliphatic rings. The second-order valence-corrected chi connectivity index (χ2v) is 13.4. The summed E-state index contributed by atoms with van der Waals surface area (Å²) in [5, 5.41) is 0. The van der Waals surface area contributed by atoms with E-state index in [1.165, 1.54) is 25.7 Å². The number of phosphoric ester groups is 1. The standard InChI is InChI=1S/C39H67O8P/c1-3-5-7-9-11-13-15-17-19-21-23-25-27-29-31-33-38(40)45-35-37(36-46-48(42,43)44)47-39(41)34-32-30-28-26-24-22-20-18-16-14-12-10-8-6-4-2/h6,8,11-14,17-20,37H,3-5,7,9-10,15-16,21-36H2,1-2H3,(H2,42,43,44)/b8-6+,13-11+,14-12+,19-17+,20-18+/t37-/m1/s1. The van der Waals surface area contributed by atoms with Crippen LogP contribution >= 0.6 is 7.82 Å². The second kappa shape index (κ2) is 34.6. The van der Waals surface area contributed by atoms with Gasteiger partial charge in [0.05, 0.1) is 6.61 Å². The van der Waals surface area contributed by atoms with Crippen LogP contribution in [0.5, 0.6) is 0 Å². The third-order valence-electron chi connectivity index (χ3n) is 7.52. The van der Waals surface area contributed by atoms with Crippen molar-refractivity contribution < 1.29 is 37.9 Å². The van der Waals surface area contributed by atoms with Crippen molar-refractivity contribution in [1.82, 2.24) is 0 Å². The molecule has 0 unspecified atom stereocenters. The third-order valence-corrected chi connectivity index (χ3v) is 8.01. The van der Waals surface area contributed by atoms with Crippen molar-refractivity contribution in [3.63, 3.8) is 0 Å². The minimum Gasteiger partial charge on any atom is -0.462 e. The van der Waals surface area contributed by atoms with Gasteiger partial charge in [-0.1, -0.05) is 126 Å². The molecule has 0 aliphatic carbocycles. The number of unbranched alkanes of at least 4 members (excludes halogenated alkanes) is 13. The fourth-order valence-electron chi connectivity index (χ4n) is 4.77. The van der Waals surface area contributed by atoms with Gasteiger partial charge in [-0.3, -0.25) is 14.1 Å². The third kappa shape index (κ3) is 36.6. The average Bonchev–Trinajstić information content (AvgIpc) is 3.05. The number of esters is 2. The summed E-state index contributed by atoms with van der Waals surface area (Å²) in [6.07, 6.45) is 42.2. The van der Waals surface area contributed by atoms with Gasteiger partial charge < -0.3 is 19.3 Å². The monoisotopic (exact) mass is 694 g/mol. The number of carbonyl (C=O) groups excluding carboxylic acids is 2. The van der Waals surface area contributed by atoms with Gasteiger partial charge in [0, 0.05) is 12.8 Å². The summed E-state index contributed by atoms with van der Waals surface area (Å²) in [7, 11) is -4.76. The number of hydrogen-bond donors (Lipinski definition) is 2. The minimum absolute atomic E-state index is 0.187. The highest BCUT2D eigenvalue weighted by molar-refractivity contribution is 7.46. The lowest BCUT2D eigenvalue weighted by Crippen LogP contribution is -2.29. The lowest BCUT2D eigenvalue weighted by Gasteiger charge is -2.18. The number of rotatable bonds is 33. The Hall–Kier alpha value is -2.25. The molecule has 0 amide bonds. The molecule has 276 valence electrons. The van der Waals surface area contributed by atoms with Gasteiger partial charge in [0.25, 0.3) is 0 Å². The minimum atomic E-state index is -4.76. The van der Waals surface area contributed by atoms with Crippen molar-refractivity contribution >= 4 is 19.8 Å². The van der Waals surface area contributed by atoms with E-state index in [0.29, 0.717) is 12.8 Å². The number of carbonyl (C=O) groups is 2. The molecule has 0 aromatic carbocycles. The van der Waals surface area contributed by atoms with Crippen molar-refractivity contribution in [3.8, 4) is 0 Å². The lowest BCUT2D eigenvalue weighted by molar-refractivity contribution is -0.161. The van der Waals surface area contributed by atoms with Gasteiger partial charge in [-0.25, -0.2) is 4.57 Å². The first-order valence-electron chi connectivity index (χ1n) is 18.6.